The second-order valence-corrected chi connectivity index (χ2v) is 16.8. The average Bonchev–Trinajstić information content (AvgIpc) is 4.27. The molecule has 0 fully saturated rings. The van der Waals surface area contributed by atoms with Crippen molar-refractivity contribution in [1.82, 2.24) is 34.8 Å². The molecule has 0 saturated heterocycles. The first-order chi connectivity index (χ1) is 34.0. The van der Waals surface area contributed by atoms with Gasteiger partial charge in [-0.25, -0.2) is 0 Å². The smallest absolute Gasteiger partial charge is 0.261 e. The summed E-state index contributed by atoms with van der Waals surface area (Å²) < 4.78 is 12.2. The molecule has 9 aromatic rings. The standard InChI is InChI=1S/C57H44N8O4/c58-28-3-4-34-68-40-12-8-36(9-13-40)52-44-16-20-48(61-44)54(38-24-29-59-30-25-38)50-22-18-46(63-50)53(47-19-23-51(64-47)55(39-26-31-60-32-27-39)49-21-17-45(52)62-49)37-10-14-41(15-11-37)69-35-5-33-65-56(66)42-6-1-2-7-43(42)57(65)67/h1-2,6-27,29-32,61-64H,3-5,33-35H2. The Morgan fingerprint density at radius 2 is 0.826 bits per heavy atom. The minimum atomic E-state index is -0.264. The van der Waals surface area contributed by atoms with Crippen molar-refractivity contribution in [2.24, 2.45) is 0 Å². The van der Waals surface area contributed by atoms with Gasteiger partial charge in [0.15, 0.2) is 0 Å². The lowest BCUT2D eigenvalue weighted by molar-refractivity contribution is 0.0646. The molecule has 8 bridgehead atoms. The maximum atomic E-state index is 12.9. The third-order valence-corrected chi connectivity index (χ3v) is 12.5. The van der Waals surface area contributed by atoms with Gasteiger partial charge in [-0.2, -0.15) is 5.26 Å². The van der Waals surface area contributed by atoms with E-state index in [0.29, 0.717) is 49.4 Å². The number of nitrogens with one attached hydrogen (secondary N) is 4. The molecular weight excluding hydrogens is 861 g/mol. The number of benzene rings is 3. The van der Waals surface area contributed by atoms with Gasteiger partial charge in [0.1, 0.15) is 11.5 Å². The highest BCUT2D eigenvalue weighted by Gasteiger charge is 2.34. The Morgan fingerprint density at radius 3 is 1.22 bits per heavy atom. The summed E-state index contributed by atoms with van der Waals surface area (Å²) in [6.45, 7) is 1.07. The van der Waals surface area contributed by atoms with Crippen LogP contribution in [0.2, 0.25) is 0 Å². The maximum Gasteiger partial charge on any atom is 0.261 e. The number of hydrogen-bond acceptors (Lipinski definition) is 7. The lowest BCUT2D eigenvalue weighted by Crippen LogP contribution is -2.31. The van der Waals surface area contributed by atoms with Gasteiger partial charge in [0.2, 0.25) is 0 Å². The molecule has 336 valence electrons. The quantitative estimate of drug-likeness (QED) is 0.0726. The number of nitrogens with zero attached hydrogens (tertiary/aromatic N) is 4. The predicted molar refractivity (Wildman–Crippen MR) is 262 cm³/mol. The van der Waals surface area contributed by atoms with Gasteiger partial charge in [0.25, 0.3) is 11.8 Å². The molecule has 0 spiro atoms. The highest BCUT2D eigenvalue weighted by Crippen LogP contribution is 2.30. The Kier molecular flexibility index (Phi) is 11.4. The number of nitriles is 1. The fraction of sp³-hybridized carbons (Fsp3) is 0.105. The Bertz CT molecular complexity index is 3640. The van der Waals surface area contributed by atoms with Crippen LogP contribution >= 0.6 is 0 Å². The van der Waals surface area contributed by atoms with E-state index in [0.717, 1.165) is 94.5 Å². The van der Waals surface area contributed by atoms with Crippen LogP contribution in [0.25, 0.3) is 22.3 Å². The third kappa shape index (κ3) is 8.34. The van der Waals surface area contributed by atoms with Gasteiger partial charge in [0.05, 0.1) is 30.4 Å². The minimum Gasteiger partial charge on any atom is -0.494 e. The zero-order chi connectivity index (χ0) is 46.7. The summed E-state index contributed by atoms with van der Waals surface area (Å²) in [6, 6.07) is 50.2. The summed E-state index contributed by atoms with van der Waals surface area (Å²) in [6.07, 6.45) is 8.83. The molecule has 2 aliphatic rings. The van der Waals surface area contributed by atoms with Crippen molar-refractivity contribution in [3.63, 3.8) is 0 Å². The Morgan fingerprint density at radius 1 is 0.449 bits per heavy atom. The van der Waals surface area contributed by atoms with Gasteiger partial charge < -0.3 is 29.4 Å². The highest BCUT2D eigenvalue weighted by atomic mass is 16.5. The molecule has 12 heteroatoms. The average molecular weight is 905 g/mol. The van der Waals surface area contributed by atoms with Crippen LogP contribution in [0.4, 0.5) is 0 Å². The van der Waals surface area contributed by atoms with Crippen molar-refractivity contribution in [3.05, 3.63) is 248 Å². The maximum absolute atomic E-state index is 12.9. The van der Waals surface area contributed by atoms with E-state index in [1.165, 1.54) is 4.90 Å². The fourth-order valence-corrected chi connectivity index (χ4v) is 9.24. The van der Waals surface area contributed by atoms with Gasteiger partial charge in [0, 0.05) is 104 Å². The van der Waals surface area contributed by atoms with Crippen LogP contribution in [0.1, 0.15) is 85.0 Å². The van der Waals surface area contributed by atoms with Crippen molar-refractivity contribution in [2.75, 3.05) is 19.8 Å². The number of carbonyl (C=O) groups is 2. The molecule has 0 unspecified atom stereocenters. The second kappa shape index (κ2) is 18.6. The third-order valence-electron chi connectivity index (χ3n) is 12.5. The van der Waals surface area contributed by atoms with Gasteiger partial charge in [-0.15, -0.1) is 0 Å². The molecule has 2 aliphatic heterocycles. The zero-order valence-corrected chi connectivity index (χ0v) is 37.3. The lowest BCUT2D eigenvalue weighted by atomic mass is 10.0. The van der Waals surface area contributed by atoms with E-state index in [2.05, 4.69) is 109 Å². The van der Waals surface area contributed by atoms with Gasteiger partial charge in [-0.1, -0.05) is 36.4 Å². The molecular formula is C57H44N8O4. The Labute approximate surface area is 396 Å². The van der Waals surface area contributed by atoms with E-state index in [1.807, 2.05) is 48.5 Å². The normalized spacial score (nSPS) is 13.2. The van der Waals surface area contributed by atoms with E-state index in [4.69, 9.17) is 14.7 Å². The van der Waals surface area contributed by atoms with Crippen LogP contribution in [0.5, 0.6) is 11.5 Å². The van der Waals surface area contributed by atoms with E-state index in [1.54, 1.807) is 49.1 Å². The number of amides is 2. The fourth-order valence-electron chi connectivity index (χ4n) is 9.24. The van der Waals surface area contributed by atoms with Crippen LogP contribution in [-0.2, 0) is 0 Å². The van der Waals surface area contributed by atoms with Gasteiger partial charge in [-0.05, 0) is 144 Å². The zero-order valence-electron chi connectivity index (χ0n) is 37.3. The topological polar surface area (TPSA) is 169 Å². The second-order valence-electron chi connectivity index (χ2n) is 16.8. The minimum absolute atomic E-state index is 0.264. The van der Waals surface area contributed by atoms with E-state index >= 15 is 0 Å². The molecule has 0 radical (unpaired) electrons. The van der Waals surface area contributed by atoms with Crippen molar-refractivity contribution in [2.45, 2.75) is 19.3 Å². The predicted octanol–water partition coefficient (Wildman–Crippen LogP) is 6.84. The molecule has 69 heavy (non-hydrogen) atoms. The molecule has 3 aromatic carbocycles. The van der Waals surface area contributed by atoms with Crippen molar-refractivity contribution in [1.29, 1.82) is 5.26 Å². The SMILES string of the molecule is N#CCCCOc1ccc(C2=c3ccc([nH]3)=C(c3ccncc3)c3ccc([nH]3)C(c3ccc(OCCCN4C(=O)c5ccccc5C4=O)cc3)=c3ccc([nH]3)=C(c3ccncc3)c3ccc2[nH]3)cc1. The Balaban J connectivity index is 1.02. The monoisotopic (exact) mass is 904 g/mol. The van der Waals surface area contributed by atoms with E-state index in [9.17, 15) is 9.59 Å². The van der Waals surface area contributed by atoms with E-state index in [-0.39, 0.29) is 18.4 Å². The molecule has 2 amide bonds. The number of ether oxygens (including phenoxy) is 2. The molecule has 4 N–H and O–H groups in total. The summed E-state index contributed by atoms with van der Waals surface area (Å²) in [5.41, 5.74) is 12.3. The van der Waals surface area contributed by atoms with Crippen LogP contribution < -0.4 is 30.9 Å². The number of H-pyrrole nitrogens is 4. The first-order valence-electron chi connectivity index (χ1n) is 22.9. The van der Waals surface area contributed by atoms with Gasteiger partial charge in [-0.3, -0.25) is 24.5 Å². The number of carbonyl (C=O) groups excluding carboxylic acids is 2. The van der Waals surface area contributed by atoms with Crippen molar-refractivity contribution in [3.8, 4) is 17.6 Å². The molecule has 12 nitrogen and oxygen atoms in total. The number of unbranched alkanes of at least 4 members (excludes halogenated alkanes) is 1. The largest absolute Gasteiger partial charge is 0.494 e. The summed E-state index contributed by atoms with van der Waals surface area (Å²) in [5.74, 6) is 0.888. The number of rotatable bonds is 13. The van der Waals surface area contributed by atoms with Crippen molar-refractivity contribution >= 4 is 34.1 Å². The van der Waals surface area contributed by atoms with Crippen LogP contribution in [0.15, 0.2) is 170 Å². The summed E-state index contributed by atoms with van der Waals surface area (Å²) >= 11 is 0. The first kappa shape index (κ1) is 42.4. The number of pyridine rings is 2. The van der Waals surface area contributed by atoms with Gasteiger partial charge >= 0.3 is 0 Å². The summed E-state index contributed by atoms with van der Waals surface area (Å²) in [5, 5.41) is 12.6. The molecule has 0 aliphatic carbocycles. The molecule has 0 saturated carbocycles. The Hall–Kier alpha value is -9.21. The number of aromatic amines is 4. The van der Waals surface area contributed by atoms with Crippen LogP contribution in [-0.4, -0.2) is 66.4 Å². The van der Waals surface area contributed by atoms with Crippen LogP contribution in [0, 0.1) is 11.3 Å². The molecule has 11 rings (SSSR count). The van der Waals surface area contributed by atoms with E-state index < -0.39 is 0 Å². The highest BCUT2D eigenvalue weighted by molar-refractivity contribution is 6.21. The number of hydrogen-bond donors (Lipinski definition) is 4. The number of fused-ring (bicyclic) bond motifs is 9. The lowest BCUT2D eigenvalue weighted by Gasteiger charge is -2.14. The first-order valence-corrected chi connectivity index (χ1v) is 22.9. The van der Waals surface area contributed by atoms with Crippen molar-refractivity contribution < 1.29 is 19.1 Å². The summed E-state index contributed by atoms with van der Waals surface area (Å²) in [4.78, 5) is 51.1. The molecule has 8 heterocycles. The number of aromatic nitrogens is 6. The molecule has 0 atom stereocenters. The van der Waals surface area contributed by atoms with Crippen LogP contribution in [0.3, 0.4) is 0 Å². The molecule has 6 aromatic heterocycles. The number of imide groups is 1. The summed E-state index contributed by atoms with van der Waals surface area (Å²) in [7, 11) is 0.